The van der Waals surface area contributed by atoms with Gasteiger partial charge in [0.05, 0.1) is 6.04 Å². The normalized spacial score (nSPS) is 18.7. The van der Waals surface area contributed by atoms with Gasteiger partial charge in [0.2, 0.25) is 0 Å². The van der Waals surface area contributed by atoms with E-state index >= 15 is 0 Å². The van der Waals surface area contributed by atoms with Gasteiger partial charge in [0, 0.05) is 6.54 Å². The summed E-state index contributed by atoms with van der Waals surface area (Å²) in [5.74, 6) is 0.287. The Labute approximate surface area is 104 Å². The van der Waals surface area contributed by atoms with Crippen molar-refractivity contribution < 1.29 is 13.2 Å². The Morgan fingerprint density at radius 3 is 2.56 bits per heavy atom. The van der Waals surface area contributed by atoms with Crippen LogP contribution in [0.1, 0.15) is 43.6 Å². The summed E-state index contributed by atoms with van der Waals surface area (Å²) < 4.78 is 40.3. The van der Waals surface area contributed by atoms with Crippen LogP contribution in [0.4, 0.5) is 13.2 Å². The van der Waals surface area contributed by atoms with Gasteiger partial charge in [0.1, 0.15) is 5.69 Å². The number of nitrogens with zero attached hydrogens (tertiary/aromatic N) is 3. The molecule has 1 atom stereocenters. The lowest BCUT2D eigenvalue weighted by Gasteiger charge is -2.32. The molecule has 0 spiro atoms. The Hall–Kier alpha value is -1.11. The highest BCUT2D eigenvalue weighted by atomic mass is 19.4. The topological polar surface area (TPSA) is 42.7 Å². The van der Waals surface area contributed by atoms with Gasteiger partial charge in [-0.15, -0.1) is 5.10 Å². The quantitative estimate of drug-likeness (QED) is 0.906. The molecule has 1 aromatic rings. The lowest BCUT2D eigenvalue weighted by Crippen LogP contribution is -2.28. The Balaban J connectivity index is 2.34. The molecule has 18 heavy (non-hydrogen) atoms. The first-order valence-electron chi connectivity index (χ1n) is 6.11. The molecule has 1 fully saturated rings. The van der Waals surface area contributed by atoms with Gasteiger partial charge >= 0.3 is 6.18 Å². The van der Waals surface area contributed by atoms with Crippen molar-refractivity contribution in [2.45, 2.75) is 44.9 Å². The minimum Gasteiger partial charge on any atom is -0.314 e. The van der Waals surface area contributed by atoms with Crippen molar-refractivity contribution in [2.24, 2.45) is 5.92 Å². The molecule has 2 rings (SSSR count). The van der Waals surface area contributed by atoms with Crippen molar-refractivity contribution >= 4 is 0 Å². The van der Waals surface area contributed by atoms with Gasteiger partial charge in [-0.3, -0.25) is 0 Å². The van der Waals surface area contributed by atoms with Crippen molar-refractivity contribution in [2.75, 3.05) is 7.05 Å². The zero-order chi connectivity index (χ0) is 13.3. The molecule has 7 heteroatoms. The van der Waals surface area contributed by atoms with Gasteiger partial charge in [-0.25, -0.2) is 4.68 Å². The number of rotatable bonds is 4. The van der Waals surface area contributed by atoms with Gasteiger partial charge in [0.15, 0.2) is 5.69 Å². The smallest absolute Gasteiger partial charge is 0.314 e. The average Bonchev–Trinajstić information content (AvgIpc) is 2.58. The first-order valence-corrected chi connectivity index (χ1v) is 6.11. The predicted molar refractivity (Wildman–Crippen MR) is 59.8 cm³/mol. The lowest BCUT2D eigenvalue weighted by atomic mass is 9.80. The minimum atomic E-state index is -4.41. The third-order valence-electron chi connectivity index (χ3n) is 3.59. The molecular weight excluding hydrogens is 245 g/mol. The van der Waals surface area contributed by atoms with E-state index < -0.39 is 11.9 Å². The molecule has 0 aromatic carbocycles. The van der Waals surface area contributed by atoms with E-state index in [4.69, 9.17) is 0 Å². The lowest BCUT2D eigenvalue weighted by molar-refractivity contribution is -0.146. The van der Waals surface area contributed by atoms with Crippen LogP contribution >= 0.6 is 0 Å². The second-order valence-electron chi connectivity index (χ2n) is 4.79. The van der Waals surface area contributed by atoms with Gasteiger partial charge in [-0.2, -0.15) is 13.2 Å². The molecule has 0 bridgehead atoms. The standard InChI is InChI=1S/C11H17F3N4/c1-7(8-4-3-5-8)18-10(11(12,13)14)9(6-15-2)16-17-18/h7-8,15H,3-6H2,1-2H3. The minimum absolute atomic E-state index is 0.0313. The molecule has 1 unspecified atom stereocenters. The first kappa shape index (κ1) is 13.3. The number of hydrogen-bond acceptors (Lipinski definition) is 3. The summed E-state index contributed by atoms with van der Waals surface area (Å²) in [4.78, 5) is 0. The van der Waals surface area contributed by atoms with Crippen LogP contribution < -0.4 is 5.32 Å². The number of hydrogen-bond donors (Lipinski definition) is 1. The summed E-state index contributed by atoms with van der Waals surface area (Å²) in [6.07, 6.45) is -1.37. The summed E-state index contributed by atoms with van der Waals surface area (Å²) in [7, 11) is 1.59. The van der Waals surface area contributed by atoms with Gasteiger partial charge in [-0.05, 0) is 32.7 Å². The van der Waals surface area contributed by atoms with Crippen molar-refractivity contribution in [1.29, 1.82) is 0 Å². The monoisotopic (exact) mass is 262 g/mol. The molecular formula is C11H17F3N4. The Morgan fingerprint density at radius 1 is 1.44 bits per heavy atom. The Morgan fingerprint density at radius 2 is 2.11 bits per heavy atom. The summed E-state index contributed by atoms with van der Waals surface area (Å²) in [5, 5.41) is 10.1. The van der Waals surface area contributed by atoms with Gasteiger partial charge < -0.3 is 5.32 Å². The maximum absolute atomic E-state index is 13.1. The van der Waals surface area contributed by atoms with Crippen molar-refractivity contribution in [3.05, 3.63) is 11.4 Å². The van der Waals surface area contributed by atoms with Crippen LogP contribution in [-0.2, 0) is 12.7 Å². The molecule has 0 aliphatic heterocycles. The zero-order valence-corrected chi connectivity index (χ0v) is 10.5. The summed E-state index contributed by atoms with van der Waals surface area (Å²) in [6, 6.07) is -0.242. The van der Waals surface area contributed by atoms with Crippen molar-refractivity contribution in [3.8, 4) is 0 Å². The molecule has 1 N–H and O–H groups in total. The molecule has 1 aliphatic carbocycles. The maximum atomic E-state index is 13.1. The van der Waals surface area contributed by atoms with Gasteiger partial charge in [0.25, 0.3) is 0 Å². The molecule has 0 radical (unpaired) electrons. The fourth-order valence-electron chi connectivity index (χ4n) is 2.31. The molecule has 1 aromatic heterocycles. The fourth-order valence-corrected chi connectivity index (χ4v) is 2.31. The molecule has 102 valence electrons. The van der Waals surface area contributed by atoms with Crippen LogP contribution in [0.25, 0.3) is 0 Å². The van der Waals surface area contributed by atoms with Crippen LogP contribution in [0.15, 0.2) is 0 Å². The first-order chi connectivity index (χ1) is 8.45. The molecule has 0 saturated heterocycles. The number of alkyl halides is 3. The van der Waals surface area contributed by atoms with E-state index in [1.165, 1.54) is 0 Å². The highest BCUT2D eigenvalue weighted by molar-refractivity contribution is 5.15. The molecule has 4 nitrogen and oxygen atoms in total. The molecule has 1 heterocycles. The fraction of sp³-hybridized carbons (Fsp3) is 0.818. The van der Waals surface area contributed by atoms with E-state index in [1.54, 1.807) is 14.0 Å². The van der Waals surface area contributed by atoms with E-state index in [9.17, 15) is 13.2 Å². The molecule has 1 saturated carbocycles. The van der Waals surface area contributed by atoms with E-state index in [1.807, 2.05) is 0 Å². The summed E-state index contributed by atoms with van der Waals surface area (Å²) in [6.45, 7) is 1.86. The molecule has 0 amide bonds. The third kappa shape index (κ3) is 2.36. The molecule has 1 aliphatic rings. The summed E-state index contributed by atoms with van der Waals surface area (Å²) >= 11 is 0. The number of aromatic nitrogens is 3. The van der Waals surface area contributed by atoms with Crippen molar-refractivity contribution in [3.63, 3.8) is 0 Å². The van der Waals surface area contributed by atoms with Crippen LogP contribution in [0.3, 0.4) is 0 Å². The summed E-state index contributed by atoms with van der Waals surface area (Å²) in [5.41, 5.74) is -0.743. The highest BCUT2D eigenvalue weighted by Gasteiger charge is 2.41. The SMILES string of the molecule is CNCc1nnn(C(C)C2CCC2)c1C(F)(F)F. The van der Waals surface area contributed by atoms with E-state index in [2.05, 4.69) is 15.6 Å². The maximum Gasteiger partial charge on any atom is 0.434 e. The number of halogens is 3. The Kier molecular flexibility index (Phi) is 3.61. The van der Waals surface area contributed by atoms with Gasteiger partial charge in [-0.1, -0.05) is 11.6 Å². The van der Waals surface area contributed by atoms with Crippen LogP contribution in [0, 0.1) is 5.92 Å². The average molecular weight is 262 g/mol. The second-order valence-corrected chi connectivity index (χ2v) is 4.79. The number of nitrogens with one attached hydrogen (secondary N) is 1. The van der Waals surface area contributed by atoms with Crippen LogP contribution in [0.5, 0.6) is 0 Å². The Bertz CT molecular complexity index is 409. The zero-order valence-electron chi connectivity index (χ0n) is 10.5. The largest absolute Gasteiger partial charge is 0.434 e. The predicted octanol–water partition coefficient (Wildman–Crippen LogP) is 2.38. The van der Waals surface area contributed by atoms with E-state index in [0.29, 0.717) is 0 Å². The van der Waals surface area contributed by atoms with E-state index in [0.717, 1.165) is 23.9 Å². The second kappa shape index (κ2) is 4.87. The third-order valence-corrected chi connectivity index (χ3v) is 3.59. The van der Waals surface area contributed by atoms with E-state index in [-0.39, 0.29) is 24.2 Å². The van der Waals surface area contributed by atoms with Crippen LogP contribution in [0.2, 0.25) is 0 Å². The van der Waals surface area contributed by atoms with Crippen LogP contribution in [-0.4, -0.2) is 22.0 Å². The highest BCUT2D eigenvalue weighted by Crippen LogP contribution is 2.39. The van der Waals surface area contributed by atoms with Crippen molar-refractivity contribution in [1.82, 2.24) is 20.3 Å².